The second kappa shape index (κ2) is 8.12. The Labute approximate surface area is 126 Å². The molecule has 1 aromatic carbocycles. The molecule has 1 fully saturated rings. The van der Waals surface area contributed by atoms with Crippen LogP contribution in [0.1, 0.15) is 18.9 Å². The average molecular weight is 291 g/mol. The van der Waals surface area contributed by atoms with E-state index in [1.165, 1.54) is 0 Å². The molecule has 1 atom stereocenters. The fraction of sp³-hybridized carbons (Fsp3) is 0.562. The van der Waals surface area contributed by atoms with Crippen LogP contribution in [0.2, 0.25) is 0 Å². The van der Waals surface area contributed by atoms with E-state index in [0.717, 1.165) is 50.3 Å². The van der Waals surface area contributed by atoms with Crippen molar-refractivity contribution in [1.29, 1.82) is 0 Å². The summed E-state index contributed by atoms with van der Waals surface area (Å²) in [4.78, 5) is 14.5. The number of rotatable bonds is 6. The lowest BCUT2D eigenvalue weighted by molar-refractivity contribution is -0.120. The molecule has 0 bridgehead atoms. The summed E-state index contributed by atoms with van der Waals surface area (Å²) in [6.45, 7) is 5.84. The van der Waals surface area contributed by atoms with Gasteiger partial charge in [-0.3, -0.25) is 9.69 Å². The fourth-order valence-corrected chi connectivity index (χ4v) is 2.57. The predicted octanol–water partition coefficient (Wildman–Crippen LogP) is 0.844. The normalized spacial score (nSPS) is 17.4. The summed E-state index contributed by atoms with van der Waals surface area (Å²) < 4.78 is 0. The van der Waals surface area contributed by atoms with Crippen LogP contribution in [0.15, 0.2) is 24.3 Å². The van der Waals surface area contributed by atoms with Crippen LogP contribution >= 0.6 is 0 Å². The Morgan fingerprint density at radius 3 is 2.90 bits per heavy atom. The van der Waals surface area contributed by atoms with E-state index in [1.54, 1.807) is 0 Å². The number of anilines is 1. The maximum atomic E-state index is 12.3. The van der Waals surface area contributed by atoms with Gasteiger partial charge in [0.25, 0.3) is 0 Å². The van der Waals surface area contributed by atoms with Crippen molar-refractivity contribution in [2.75, 3.05) is 38.1 Å². The van der Waals surface area contributed by atoms with Crippen molar-refractivity contribution in [2.45, 2.75) is 25.8 Å². The van der Waals surface area contributed by atoms with Crippen LogP contribution in [0, 0.1) is 0 Å². The Bertz CT molecular complexity index is 459. The highest BCUT2D eigenvalue weighted by Gasteiger charge is 2.22. The quantitative estimate of drug-likeness (QED) is 0.727. The maximum absolute atomic E-state index is 12.3. The Hall–Kier alpha value is -1.43. The minimum Gasteiger partial charge on any atom is -0.396 e. The van der Waals surface area contributed by atoms with Gasteiger partial charge in [0.15, 0.2) is 0 Å². The third-order valence-corrected chi connectivity index (χ3v) is 3.90. The number of hydrogen-bond donors (Lipinski definition) is 3. The first-order valence-corrected chi connectivity index (χ1v) is 7.66. The lowest BCUT2D eigenvalue weighted by atomic mass is 10.1. The van der Waals surface area contributed by atoms with Crippen LogP contribution in [-0.2, 0) is 11.2 Å². The standard InChI is InChI=1S/C16H25N3O2/c1-13(19-9-7-17-8-10-19)16(21)18-15-6-2-4-14(12-15)5-3-11-20/h2,4,6,12-13,17,20H,3,5,7-11H2,1H3,(H,18,21). The molecule has 0 saturated carbocycles. The van der Waals surface area contributed by atoms with Crippen molar-refractivity contribution in [2.24, 2.45) is 0 Å². The summed E-state index contributed by atoms with van der Waals surface area (Å²) in [6, 6.07) is 7.74. The van der Waals surface area contributed by atoms with Crippen molar-refractivity contribution in [3.63, 3.8) is 0 Å². The first kappa shape index (κ1) is 15.9. The van der Waals surface area contributed by atoms with Crippen LogP contribution in [0.5, 0.6) is 0 Å². The molecule has 1 aromatic rings. The molecular formula is C16H25N3O2. The first-order valence-electron chi connectivity index (χ1n) is 7.66. The Balaban J connectivity index is 1.91. The summed E-state index contributed by atoms with van der Waals surface area (Å²) in [6.07, 6.45) is 1.57. The molecule has 1 aliphatic heterocycles. The maximum Gasteiger partial charge on any atom is 0.241 e. The van der Waals surface area contributed by atoms with Gasteiger partial charge in [-0.2, -0.15) is 0 Å². The Kier molecular flexibility index (Phi) is 6.17. The fourth-order valence-electron chi connectivity index (χ4n) is 2.57. The number of aryl methyl sites for hydroxylation is 1. The largest absolute Gasteiger partial charge is 0.396 e. The zero-order valence-electron chi connectivity index (χ0n) is 12.6. The zero-order valence-corrected chi connectivity index (χ0v) is 12.6. The smallest absolute Gasteiger partial charge is 0.241 e. The number of carbonyl (C=O) groups excluding carboxylic acids is 1. The van der Waals surface area contributed by atoms with Gasteiger partial charge in [0.2, 0.25) is 5.91 Å². The molecule has 5 nitrogen and oxygen atoms in total. The van der Waals surface area contributed by atoms with E-state index in [2.05, 4.69) is 15.5 Å². The van der Waals surface area contributed by atoms with Gasteiger partial charge in [-0.05, 0) is 37.5 Å². The minimum absolute atomic E-state index is 0.0382. The number of carbonyl (C=O) groups is 1. The number of hydrogen-bond acceptors (Lipinski definition) is 4. The van der Waals surface area contributed by atoms with Gasteiger partial charge < -0.3 is 15.7 Å². The van der Waals surface area contributed by atoms with Gasteiger partial charge >= 0.3 is 0 Å². The highest BCUT2D eigenvalue weighted by atomic mass is 16.2. The summed E-state index contributed by atoms with van der Waals surface area (Å²) >= 11 is 0. The number of aliphatic hydroxyl groups is 1. The van der Waals surface area contributed by atoms with Crippen LogP contribution in [-0.4, -0.2) is 54.7 Å². The van der Waals surface area contributed by atoms with Crippen LogP contribution in [0.25, 0.3) is 0 Å². The van der Waals surface area contributed by atoms with Gasteiger partial charge in [-0.25, -0.2) is 0 Å². The van der Waals surface area contributed by atoms with E-state index in [4.69, 9.17) is 5.11 Å². The molecule has 0 radical (unpaired) electrons. The summed E-state index contributed by atoms with van der Waals surface area (Å²) in [5.74, 6) is 0.0382. The van der Waals surface area contributed by atoms with E-state index in [9.17, 15) is 4.79 Å². The molecule has 1 amide bonds. The molecule has 2 rings (SSSR count). The molecule has 0 aromatic heterocycles. The zero-order chi connectivity index (χ0) is 15.1. The number of nitrogens with one attached hydrogen (secondary N) is 2. The monoisotopic (exact) mass is 291 g/mol. The van der Waals surface area contributed by atoms with Crippen LogP contribution < -0.4 is 10.6 Å². The van der Waals surface area contributed by atoms with Gasteiger partial charge in [-0.1, -0.05) is 12.1 Å². The van der Waals surface area contributed by atoms with Gasteiger partial charge in [0.05, 0.1) is 6.04 Å². The van der Waals surface area contributed by atoms with Crippen molar-refractivity contribution in [3.05, 3.63) is 29.8 Å². The lowest BCUT2D eigenvalue weighted by Gasteiger charge is -2.31. The van der Waals surface area contributed by atoms with E-state index in [1.807, 2.05) is 31.2 Å². The summed E-state index contributed by atoms with van der Waals surface area (Å²) in [5.41, 5.74) is 1.97. The number of amides is 1. The van der Waals surface area contributed by atoms with E-state index < -0.39 is 0 Å². The number of aliphatic hydroxyl groups excluding tert-OH is 1. The van der Waals surface area contributed by atoms with E-state index in [-0.39, 0.29) is 18.6 Å². The molecule has 0 spiro atoms. The molecule has 0 aliphatic carbocycles. The molecule has 1 aliphatic rings. The second-order valence-electron chi connectivity index (χ2n) is 5.48. The molecular weight excluding hydrogens is 266 g/mol. The lowest BCUT2D eigenvalue weighted by Crippen LogP contribution is -2.51. The highest BCUT2D eigenvalue weighted by molar-refractivity contribution is 5.94. The van der Waals surface area contributed by atoms with Crippen LogP contribution in [0.3, 0.4) is 0 Å². The van der Waals surface area contributed by atoms with E-state index in [0.29, 0.717) is 0 Å². The highest BCUT2D eigenvalue weighted by Crippen LogP contribution is 2.13. The van der Waals surface area contributed by atoms with Crippen molar-refractivity contribution in [3.8, 4) is 0 Å². The molecule has 1 saturated heterocycles. The third-order valence-electron chi connectivity index (χ3n) is 3.90. The van der Waals surface area contributed by atoms with Crippen molar-refractivity contribution >= 4 is 11.6 Å². The molecule has 5 heteroatoms. The predicted molar refractivity (Wildman–Crippen MR) is 84.4 cm³/mol. The summed E-state index contributed by atoms with van der Waals surface area (Å²) in [7, 11) is 0. The topological polar surface area (TPSA) is 64.6 Å². The molecule has 3 N–H and O–H groups in total. The number of benzene rings is 1. The Morgan fingerprint density at radius 2 is 2.19 bits per heavy atom. The first-order chi connectivity index (χ1) is 10.2. The molecule has 116 valence electrons. The SMILES string of the molecule is CC(C(=O)Nc1cccc(CCCO)c1)N1CCNCC1. The van der Waals surface area contributed by atoms with E-state index >= 15 is 0 Å². The third kappa shape index (κ3) is 4.81. The Morgan fingerprint density at radius 1 is 1.43 bits per heavy atom. The summed E-state index contributed by atoms with van der Waals surface area (Å²) in [5, 5.41) is 15.2. The minimum atomic E-state index is -0.117. The number of piperazine rings is 1. The van der Waals surface area contributed by atoms with Gasteiger partial charge in [-0.15, -0.1) is 0 Å². The molecule has 1 heterocycles. The van der Waals surface area contributed by atoms with Crippen molar-refractivity contribution < 1.29 is 9.90 Å². The number of nitrogens with zero attached hydrogens (tertiary/aromatic N) is 1. The average Bonchev–Trinajstić information content (AvgIpc) is 2.53. The van der Waals surface area contributed by atoms with Crippen molar-refractivity contribution in [1.82, 2.24) is 10.2 Å². The molecule has 1 unspecified atom stereocenters. The molecule has 21 heavy (non-hydrogen) atoms. The second-order valence-corrected chi connectivity index (χ2v) is 5.48. The van der Waals surface area contributed by atoms with Gasteiger partial charge in [0.1, 0.15) is 0 Å². The van der Waals surface area contributed by atoms with Gasteiger partial charge in [0, 0.05) is 38.5 Å². The van der Waals surface area contributed by atoms with Crippen LogP contribution in [0.4, 0.5) is 5.69 Å².